The van der Waals surface area contributed by atoms with Gasteiger partial charge in [0, 0.05) is 18.5 Å². The minimum atomic E-state index is -3.78. The molecule has 0 unspecified atom stereocenters. The Morgan fingerprint density at radius 3 is 2.37 bits per heavy atom. The lowest BCUT2D eigenvalue weighted by molar-refractivity contribution is 0.415. The van der Waals surface area contributed by atoms with E-state index in [4.69, 9.17) is 4.74 Å². The van der Waals surface area contributed by atoms with Gasteiger partial charge in [0.1, 0.15) is 5.75 Å². The number of methoxy groups -OCH3 is 1. The van der Waals surface area contributed by atoms with Gasteiger partial charge in [-0.05, 0) is 56.5 Å². The zero-order valence-corrected chi connectivity index (χ0v) is 16.4. The summed E-state index contributed by atoms with van der Waals surface area (Å²) in [6.07, 6.45) is 3.37. The molecule has 2 aromatic carbocycles. The normalized spacial score (nSPS) is 15.3. The molecule has 0 amide bonds. The lowest BCUT2D eigenvalue weighted by atomic mass is 10.1. The fourth-order valence-electron chi connectivity index (χ4n) is 3.51. The number of hydrogen-bond acceptors (Lipinski definition) is 5. The highest BCUT2D eigenvalue weighted by Gasteiger charge is 2.26. The Balaban J connectivity index is 1.91. The maximum absolute atomic E-state index is 13.3. The van der Waals surface area contributed by atoms with Crippen LogP contribution >= 0.6 is 0 Å². The molecule has 0 bridgehead atoms. The lowest BCUT2D eigenvalue weighted by Crippen LogP contribution is -2.30. The first-order valence-corrected chi connectivity index (χ1v) is 10.6. The number of hydrogen-bond donors (Lipinski definition) is 0. The van der Waals surface area contributed by atoms with Crippen molar-refractivity contribution >= 4 is 26.7 Å². The quantitative estimate of drug-likeness (QED) is 0.687. The van der Waals surface area contributed by atoms with Gasteiger partial charge >= 0.3 is 0 Å². The fraction of sp³-hybridized carbons (Fsp3) is 0.350. The first kappa shape index (κ1) is 17.9. The summed E-state index contributed by atoms with van der Waals surface area (Å²) in [5.41, 5.74) is 1.58. The number of nitrogens with zero attached hydrogens (tertiary/aromatic N) is 3. The van der Waals surface area contributed by atoms with Crippen molar-refractivity contribution in [2.75, 3.05) is 25.1 Å². The summed E-state index contributed by atoms with van der Waals surface area (Å²) in [7, 11) is -2.18. The highest BCUT2D eigenvalue weighted by atomic mass is 32.2. The second-order valence-electron chi connectivity index (χ2n) is 6.92. The molecule has 0 aliphatic carbocycles. The van der Waals surface area contributed by atoms with E-state index < -0.39 is 10.0 Å². The van der Waals surface area contributed by atoms with E-state index in [1.54, 1.807) is 43.5 Å². The number of rotatable bonds is 4. The summed E-state index contributed by atoms with van der Waals surface area (Å²) in [4.78, 5) is 2.41. The smallest absolute Gasteiger partial charge is 0.283 e. The van der Waals surface area contributed by atoms with E-state index in [1.807, 2.05) is 13.0 Å². The van der Waals surface area contributed by atoms with Crippen LogP contribution in [0, 0.1) is 6.92 Å². The molecule has 6 nitrogen and oxygen atoms in total. The molecule has 0 N–H and O–H groups in total. The van der Waals surface area contributed by atoms with Crippen LogP contribution in [0.4, 0.5) is 5.82 Å². The SMILES string of the molecule is COc1ccc2c(c1)c(N1CCCCC1)nn2S(=O)(=O)c1ccc(C)cc1. The third-order valence-corrected chi connectivity index (χ3v) is 6.64. The third kappa shape index (κ3) is 3.16. The predicted molar refractivity (Wildman–Crippen MR) is 106 cm³/mol. The van der Waals surface area contributed by atoms with Crippen molar-refractivity contribution in [2.45, 2.75) is 31.1 Å². The van der Waals surface area contributed by atoms with Gasteiger partial charge in [-0.1, -0.05) is 17.7 Å². The number of aromatic nitrogens is 2. The largest absolute Gasteiger partial charge is 0.497 e. The fourth-order valence-corrected chi connectivity index (χ4v) is 4.80. The van der Waals surface area contributed by atoms with Crippen LogP contribution in [0.5, 0.6) is 5.75 Å². The lowest BCUT2D eigenvalue weighted by Gasteiger charge is -2.26. The summed E-state index contributed by atoms with van der Waals surface area (Å²) < 4.78 is 33.0. The molecule has 1 aliphatic heterocycles. The second-order valence-corrected chi connectivity index (χ2v) is 8.68. The van der Waals surface area contributed by atoms with E-state index in [1.165, 1.54) is 6.42 Å². The summed E-state index contributed by atoms with van der Waals surface area (Å²) in [5, 5.41) is 5.36. The molecule has 0 atom stereocenters. The molecular formula is C20H23N3O3S. The van der Waals surface area contributed by atoms with Gasteiger partial charge in [-0.2, -0.15) is 12.5 Å². The van der Waals surface area contributed by atoms with Gasteiger partial charge in [0.15, 0.2) is 5.82 Å². The molecule has 142 valence electrons. The maximum atomic E-state index is 13.3. The number of aryl methyl sites for hydroxylation is 1. The van der Waals surface area contributed by atoms with Crippen LogP contribution in [-0.2, 0) is 10.0 Å². The van der Waals surface area contributed by atoms with Crippen molar-refractivity contribution in [3.05, 3.63) is 48.0 Å². The number of benzene rings is 2. The molecule has 1 aromatic heterocycles. The summed E-state index contributed by atoms with van der Waals surface area (Å²) >= 11 is 0. The Labute approximate surface area is 159 Å². The van der Waals surface area contributed by atoms with Crippen LogP contribution in [0.1, 0.15) is 24.8 Å². The molecule has 27 heavy (non-hydrogen) atoms. The van der Waals surface area contributed by atoms with E-state index in [-0.39, 0.29) is 4.90 Å². The highest BCUT2D eigenvalue weighted by Crippen LogP contribution is 2.33. The average Bonchev–Trinajstić information content (AvgIpc) is 3.08. The molecule has 1 saturated heterocycles. The van der Waals surface area contributed by atoms with Crippen molar-refractivity contribution in [1.82, 2.24) is 9.19 Å². The standard InChI is InChI=1S/C20H23N3O3S/c1-15-6-9-17(10-7-15)27(24,25)23-19-11-8-16(26-2)14-18(19)20(21-23)22-12-4-3-5-13-22/h6-11,14H,3-5,12-13H2,1-2H3. The number of fused-ring (bicyclic) bond motifs is 1. The Hall–Kier alpha value is -2.54. The Bertz CT molecular complexity index is 1070. The molecular weight excluding hydrogens is 362 g/mol. The van der Waals surface area contributed by atoms with Crippen molar-refractivity contribution in [3.63, 3.8) is 0 Å². The van der Waals surface area contributed by atoms with Gasteiger partial charge in [-0.25, -0.2) is 0 Å². The number of ether oxygens (including phenoxy) is 1. The van der Waals surface area contributed by atoms with Crippen LogP contribution in [0.15, 0.2) is 47.4 Å². The molecule has 2 heterocycles. The van der Waals surface area contributed by atoms with E-state index in [0.29, 0.717) is 17.1 Å². The Morgan fingerprint density at radius 1 is 1.00 bits per heavy atom. The molecule has 4 rings (SSSR count). The van der Waals surface area contributed by atoms with E-state index in [9.17, 15) is 8.42 Å². The first-order valence-electron chi connectivity index (χ1n) is 9.15. The van der Waals surface area contributed by atoms with E-state index in [2.05, 4.69) is 10.00 Å². The molecule has 7 heteroatoms. The number of piperidine rings is 1. The number of anilines is 1. The van der Waals surface area contributed by atoms with Crippen molar-refractivity contribution in [3.8, 4) is 5.75 Å². The zero-order valence-electron chi connectivity index (χ0n) is 15.6. The summed E-state index contributed by atoms with van der Waals surface area (Å²) in [5.74, 6) is 1.40. The van der Waals surface area contributed by atoms with Crippen LogP contribution in [-0.4, -0.2) is 37.8 Å². The van der Waals surface area contributed by atoms with Crippen molar-refractivity contribution in [1.29, 1.82) is 0 Å². The van der Waals surface area contributed by atoms with Crippen LogP contribution < -0.4 is 9.64 Å². The molecule has 0 radical (unpaired) electrons. The van der Waals surface area contributed by atoms with Crippen molar-refractivity contribution in [2.24, 2.45) is 0 Å². The second kappa shape index (κ2) is 6.88. The third-order valence-electron chi connectivity index (χ3n) is 5.04. The summed E-state index contributed by atoms with van der Waals surface area (Å²) in [6, 6.07) is 12.3. The molecule has 1 aliphatic rings. The minimum Gasteiger partial charge on any atom is -0.497 e. The van der Waals surface area contributed by atoms with E-state index >= 15 is 0 Å². The summed E-state index contributed by atoms with van der Waals surface area (Å²) in [6.45, 7) is 3.70. The highest BCUT2D eigenvalue weighted by molar-refractivity contribution is 7.90. The minimum absolute atomic E-state index is 0.235. The predicted octanol–water partition coefficient (Wildman–Crippen LogP) is 3.58. The van der Waals surface area contributed by atoms with Gasteiger partial charge in [0.2, 0.25) is 0 Å². The van der Waals surface area contributed by atoms with E-state index in [0.717, 1.165) is 41.0 Å². The molecule has 0 spiro atoms. The molecule has 1 fully saturated rings. The van der Waals surface area contributed by atoms with Gasteiger partial charge in [-0.3, -0.25) is 0 Å². The Morgan fingerprint density at radius 2 is 1.70 bits per heavy atom. The van der Waals surface area contributed by atoms with Crippen LogP contribution in [0.3, 0.4) is 0 Å². The van der Waals surface area contributed by atoms with Gasteiger partial charge in [-0.15, -0.1) is 5.10 Å². The Kier molecular flexibility index (Phi) is 4.55. The van der Waals surface area contributed by atoms with Gasteiger partial charge in [0.25, 0.3) is 10.0 Å². The van der Waals surface area contributed by atoms with Crippen LogP contribution in [0.25, 0.3) is 10.9 Å². The average molecular weight is 385 g/mol. The van der Waals surface area contributed by atoms with Crippen molar-refractivity contribution < 1.29 is 13.2 Å². The first-order chi connectivity index (χ1) is 13.0. The monoisotopic (exact) mass is 385 g/mol. The molecule has 0 saturated carbocycles. The van der Waals surface area contributed by atoms with Crippen LogP contribution in [0.2, 0.25) is 0 Å². The van der Waals surface area contributed by atoms with Gasteiger partial charge in [0.05, 0.1) is 17.5 Å². The molecule has 3 aromatic rings. The topological polar surface area (TPSA) is 64.4 Å². The maximum Gasteiger partial charge on any atom is 0.283 e. The zero-order chi connectivity index (χ0) is 19.0. The van der Waals surface area contributed by atoms with Gasteiger partial charge < -0.3 is 9.64 Å².